The molecule has 2 unspecified atom stereocenters. The Balaban J connectivity index is 1.58. The average molecular weight is 565 g/mol. The minimum atomic E-state index is -0.0679. The Bertz CT molecular complexity index is 1480. The molecule has 2 aliphatic rings. The summed E-state index contributed by atoms with van der Waals surface area (Å²) in [4.78, 5) is 0. The van der Waals surface area contributed by atoms with Crippen molar-refractivity contribution in [2.24, 2.45) is 5.41 Å². The van der Waals surface area contributed by atoms with Crippen molar-refractivity contribution >= 4 is 22.3 Å². The van der Waals surface area contributed by atoms with Crippen LogP contribution in [0.4, 0.5) is 0 Å². The van der Waals surface area contributed by atoms with Gasteiger partial charge in [0, 0.05) is 11.8 Å². The molecule has 0 nitrogen and oxygen atoms in total. The van der Waals surface area contributed by atoms with E-state index in [0.29, 0.717) is 11.8 Å². The number of rotatable bonds is 12. The van der Waals surface area contributed by atoms with Crippen molar-refractivity contribution in [2.75, 3.05) is 0 Å². The van der Waals surface area contributed by atoms with Gasteiger partial charge in [0.1, 0.15) is 0 Å². The van der Waals surface area contributed by atoms with Crippen LogP contribution < -0.4 is 0 Å². The average Bonchev–Trinajstić information content (AvgIpc) is 3.56. The van der Waals surface area contributed by atoms with Gasteiger partial charge >= 0.3 is 0 Å². The highest BCUT2D eigenvalue weighted by Gasteiger charge is 2.49. The lowest BCUT2D eigenvalue weighted by Crippen LogP contribution is -2.30. The molecule has 0 amide bonds. The smallest absolute Gasteiger partial charge is 0.0164 e. The third kappa shape index (κ3) is 5.46. The van der Waals surface area contributed by atoms with E-state index in [9.17, 15) is 0 Å². The standard InChI is InChI=1S/C43H48/c1-5-7-11-27-35-33-25-17-19-29-37(33)41(39(35)31-21-13-9-14-22-31)43(3,4)42-38-30-20-18-26-34(38)36(28-12-8-6-2)40(42)32-23-15-10-16-24-32/h9-10,13-26,29-30,41-42H,5-8,11-12,27-28H2,1-4H3. The van der Waals surface area contributed by atoms with Crippen molar-refractivity contribution < 1.29 is 0 Å². The minimum Gasteiger partial charge on any atom is -0.0654 e. The number of fused-ring (bicyclic) bond motifs is 2. The molecule has 0 heteroatoms. The van der Waals surface area contributed by atoms with E-state index in [-0.39, 0.29) is 5.41 Å². The summed E-state index contributed by atoms with van der Waals surface area (Å²) in [6.07, 6.45) is 9.82. The van der Waals surface area contributed by atoms with Crippen LogP contribution in [0, 0.1) is 5.41 Å². The SMILES string of the molecule is CCCCCC1=C(c2ccccc2)C(C(C)(C)C2C(c3ccccc3)=C(CCCCC)c3ccccc32)c2ccccc21. The van der Waals surface area contributed by atoms with E-state index in [0.717, 1.165) is 12.8 Å². The zero-order valence-electron chi connectivity index (χ0n) is 26.7. The Morgan fingerprint density at radius 3 is 1.23 bits per heavy atom. The van der Waals surface area contributed by atoms with Gasteiger partial charge in [0.05, 0.1) is 0 Å². The molecular weight excluding hydrogens is 516 g/mol. The molecule has 0 aromatic heterocycles. The van der Waals surface area contributed by atoms with Gasteiger partial charge in [-0.3, -0.25) is 0 Å². The quantitative estimate of drug-likeness (QED) is 0.150. The maximum Gasteiger partial charge on any atom is 0.0164 e. The zero-order valence-corrected chi connectivity index (χ0v) is 26.7. The summed E-state index contributed by atoms with van der Waals surface area (Å²) in [7, 11) is 0. The fourth-order valence-corrected chi connectivity index (χ4v) is 8.27. The molecule has 0 bridgehead atoms. The molecular formula is C43H48. The predicted molar refractivity (Wildman–Crippen MR) is 187 cm³/mol. The van der Waals surface area contributed by atoms with Crippen LogP contribution in [0.3, 0.4) is 0 Å². The highest BCUT2D eigenvalue weighted by molar-refractivity contribution is 6.03. The molecule has 4 aromatic rings. The molecule has 6 rings (SSSR count). The van der Waals surface area contributed by atoms with Crippen LogP contribution >= 0.6 is 0 Å². The highest BCUT2D eigenvalue weighted by atomic mass is 14.5. The first-order valence-corrected chi connectivity index (χ1v) is 16.8. The number of hydrogen-bond donors (Lipinski definition) is 0. The van der Waals surface area contributed by atoms with Gasteiger partial charge < -0.3 is 0 Å². The normalized spacial score (nSPS) is 17.9. The van der Waals surface area contributed by atoms with Crippen LogP contribution in [0.25, 0.3) is 22.3 Å². The molecule has 0 heterocycles. The molecule has 0 N–H and O–H groups in total. The van der Waals surface area contributed by atoms with Crippen molar-refractivity contribution in [1.82, 2.24) is 0 Å². The summed E-state index contributed by atoms with van der Waals surface area (Å²) >= 11 is 0. The van der Waals surface area contributed by atoms with Crippen LogP contribution in [0.5, 0.6) is 0 Å². The molecule has 0 saturated heterocycles. The van der Waals surface area contributed by atoms with Gasteiger partial charge in [0.25, 0.3) is 0 Å². The summed E-state index contributed by atoms with van der Waals surface area (Å²) < 4.78 is 0. The van der Waals surface area contributed by atoms with Gasteiger partial charge in [0.2, 0.25) is 0 Å². The molecule has 220 valence electrons. The van der Waals surface area contributed by atoms with Gasteiger partial charge in [0.15, 0.2) is 0 Å². The predicted octanol–water partition coefficient (Wildman–Crippen LogP) is 12.6. The molecule has 0 fully saturated rings. The maximum atomic E-state index is 2.58. The van der Waals surface area contributed by atoms with Crippen molar-refractivity contribution in [3.8, 4) is 0 Å². The van der Waals surface area contributed by atoms with Gasteiger partial charge in [-0.05, 0) is 86.8 Å². The number of unbranched alkanes of at least 4 members (excludes halogenated alkanes) is 4. The molecule has 2 atom stereocenters. The van der Waals surface area contributed by atoms with Crippen LogP contribution in [-0.4, -0.2) is 0 Å². The third-order valence-electron chi connectivity index (χ3n) is 10.1. The summed E-state index contributed by atoms with van der Waals surface area (Å²) in [5.41, 5.74) is 15.0. The lowest BCUT2D eigenvalue weighted by atomic mass is 9.61. The fourth-order valence-electron chi connectivity index (χ4n) is 8.27. The largest absolute Gasteiger partial charge is 0.0654 e. The van der Waals surface area contributed by atoms with E-state index in [4.69, 9.17) is 0 Å². The zero-order chi connectivity index (χ0) is 29.8. The molecule has 4 aromatic carbocycles. The van der Waals surface area contributed by atoms with E-state index >= 15 is 0 Å². The van der Waals surface area contributed by atoms with Gasteiger partial charge in [-0.25, -0.2) is 0 Å². The van der Waals surface area contributed by atoms with Crippen molar-refractivity contribution in [3.63, 3.8) is 0 Å². The van der Waals surface area contributed by atoms with E-state index in [1.165, 1.54) is 71.9 Å². The van der Waals surface area contributed by atoms with E-state index in [1.54, 1.807) is 22.3 Å². The topological polar surface area (TPSA) is 0 Å². The number of hydrogen-bond acceptors (Lipinski definition) is 0. The van der Waals surface area contributed by atoms with E-state index < -0.39 is 0 Å². The third-order valence-corrected chi connectivity index (χ3v) is 10.1. The first-order valence-electron chi connectivity index (χ1n) is 16.8. The van der Waals surface area contributed by atoms with E-state index in [1.807, 2.05) is 0 Å². The Labute approximate surface area is 260 Å². The fraction of sp³-hybridized carbons (Fsp3) is 0.349. The summed E-state index contributed by atoms with van der Waals surface area (Å²) in [6.45, 7) is 9.78. The Hall–Kier alpha value is -3.64. The van der Waals surface area contributed by atoms with Gasteiger partial charge in [-0.1, -0.05) is 163 Å². The van der Waals surface area contributed by atoms with Crippen LogP contribution in [0.2, 0.25) is 0 Å². The van der Waals surface area contributed by atoms with Crippen molar-refractivity contribution in [2.45, 2.75) is 90.9 Å². The monoisotopic (exact) mass is 564 g/mol. The summed E-state index contributed by atoms with van der Waals surface area (Å²) in [5, 5.41) is 0. The summed E-state index contributed by atoms with van der Waals surface area (Å²) in [5.74, 6) is 0.601. The van der Waals surface area contributed by atoms with Crippen LogP contribution in [0.1, 0.15) is 124 Å². The number of benzene rings is 4. The van der Waals surface area contributed by atoms with E-state index in [2.05, 4.69) is 137 Å². The second-order valence-corrected chi connectivity index (χ2v) is 13.3. The second kappa shape index (κ2) is 12.9. The molecule has 0 aliphatic heterocycles. The maximum absolute atomic E-state index is 2.58. The lowest BCUT2D eigenvalue weighted by Gasteiger charge is -2.42. The highest BCUT2D eigenvalue weighted by Crippen LogP contribution is 2.65. The first kappa shape index (κ1) is 29.4. The molecule has 0 radical (unpaired) electrons. The molecule has 0 saturated carbocycles. The first-order chi connectivity index (χ1) is 21.1. The van der Waals surface area contributed by atoms with Crippen LogP contribution in [-0.2, 0) is 0 Å². The molecule has 2 aliphatic carbocycles. The minimum absolute atomic E-state index is 0.0679. The summed E-state index contributed by atoms with van der Waals surface area (Å²) in [6, 6.07) is 41.4. The molecule has 0 spiro atoms. The Morgan fingerprint density at radius 1 is 0.465 bits per heavy atom. The van der Waals surface area contributed by atoms with Gasteiger partial charge in [-0.15, -0.1) is 0 Å². The van der Waals surface area contributed by atoms with Gasteiger partial charge in [-0.2, -0.15) is 0 Å². The lowest BCUT2D eigenvalue weighted by molar-refractivity contribution is 0.304. The molecule has 43 heavy (non-hydrogen) atoms. The Kier molecular flexibility index (Phi) is 8.85. The van der Waals surface area contributed by atoms with Crippen molar-refractivity contribution in [1.29, 1.82) is 0 Å². The van der Waals surface area contributed by atoms with Crippen LogP contribution in [0.15, 0.2) is 109 Å². The Morgan fingerprint density at radius 2 is 0.837 bits per heavy atom. The van der Waals surface area contributed by atoms with Crippen molar-refractivity contribution in [3.05, 3.63) is 143 Å². The second-order valence-electron chi connectivity index (χ2n) is 13.3. The number of allylic oxidation sites excluding steroid dienone is 4.